The van der Waals surface area contributed by atoms with E-state index in [1.54, 1.807) is 31.3 Å². The Morgan fingerprint density at radius 2 is 1.50 bits per heavy atom. The molecule has 0 spiro atoms. The summed E-state index contributed by atoms with van der Waals surface area (Å²) in [4.78, 5) is 0. The van der Waals surface area contributed by atoms with Gasteiger partial charge < -0.3 is 9.47 Å². The molecule has 1 aliphatic carbocycles. The molecule has 0 unspecified atom stereocenters. The summed E-state index contributed by atoms with van der Waals surface area (Å²) in [6.07, 6.45) is 14.4. The number of hydrogen-bond acceptors (Lipinski definition) is 2. The van der Waals surface area contributed by atoms with Crippen LogP contribution in [0.15, 0.2) is 24.3 Å². The molecule has 0 atom stereocenters. The van der Waals surface area contributed by atoms with Gasteiger partial charge in [-0.3, -0.25) is 0 Å². The fourth-order valence-electron chi connectivity index (χ4n) is 6.18. The van der Waals surface area contributed by atoms with Crippen molar-refractivity contribution in [3.63, 3.8) is 0 Å². The Morgan fingerprint density at radius 3 is 2.11 bits per heavy atom. The normalized spacial score (nSPS) is 25.6. The van der Waals surface area contributed by atoms with Crippen LogP contribution >= 0.6 is 0 Å². The third kappa shape index (κ3) is 9.34. The van der Waals surface area contributed by atoms with Crippen molar-refractivity contribution >= 4 is 8.80 Å². The second kappa shape index (κ2) is 14.2. The van der Waals surface area contributed by atoms with Crippen LogP contribution < -0.4 is 4.74 Å². The lowest BCUT2D eigenvalue weighted by Gasteiger charge is -2.37. The number of halogens is 4. The fourth-order valence-corrected chi connectivity index (χ4v) is 9.71. The molecule has 3 rings (SSSR count). The number of methoxy groups -OCH3 is 1. The van der Waals surface area contributed by atoms with Crippen LogP contribution in [0, 0.1) is 17.8 Å². The second-order valence-corrected chi connectivity index (χ2v) is 14.9. The van der Waals surface area contributed by atoms with E-state index in [2.05, 4.69) is 0 Å². The Bertz CT molecular complexity index is 737. The van der Waals surface area contributed by atoms with Crippen LogP contribution in [0.1, 0.15) is 76.7 Å². The number of aryl methyl sites for hydroxylation is 1. The van der Waals surface area contributed by atoms with Gasteiger partial charge in [-0.25, -0.2) is 8.78 Å². The first-order chi connectivity index (χ1) is 17.2. The van der Waals surface area contributed by atoms with Gasteiger partial charge in [0.2, 0.25) is 0 Å². The predicted molar refractivity (Wildman–Crippen MR) is 141 cm³/mol. The van der Waals surface area contributed by atoms with Gasteiger partial charge in [-0.2, -0.15) is 8.78 Å². The Morgan fingerprint density at radius 1 is 0.861 bits per heavy atom. The van der Waals surface area contributed by atoms with Gasteiger partial charge in [-0.15, -0.1) is 0 Å². The first kappa shape index (κ1) is 29.5. The van der Waals surface area contributed by atoms with Crippen LogP contribution in [-0.4, -0.2) is 41.0 Å². The van der Waals surface area contributed by atoms with Gasteiger partial charge in [0.1, 0.15) is 5.75 Å². The van der Waals surface area contributed by atoms with E-state index < -0.39 is 27.2 Å². The summed E-state index contributed by atoms with van der Waals surface area (Å²) in [6.45, 7) is -0.197. The highest BCUT2D eigenvalue weighted by Gasteiger charge is 2.53. The zero-order valence-corrected chi connectivity index (χ0v) is 23.4. The lowest BCUT2D eigenvalue weighted by Crippen LogP contribution is -2.42. The molecule has 2 fully saturated rings. The van der Waals surface area contributed by atoms with Gasteiger partial charge in [0.15, 0.2) is 6.61 Å². The number of benzene rings is 1. The van der Waals surface area contributed by atoms with Gasteiger partial charge in [0, 0.05) is 29.4 Å². The van der Waals surface area contributed by atoms with Crippen molar-refractivity contribution in [2.24, 2.45) is 17.8 Å². The van der Waals surface area contributed by atoms with Crippen molar-refractivity contribution in [2.75, 3.05) is 20.3 Å². The lowest BCUT2D eigenvalue weighted by atomic mass is 9.73. The molecule has 206 valence electrons. The smallest absolute Gasteiger partial charge is 0.342 e. The minimum absolute atomic E-state index is 0.201. The molecule has 1 aliphatic heterocycles. The van der Waals surface area contributed by atoms with Crippen molar-refractivity contribution in [2.45, 2.75) is 108 Å². The highest BCUT2D eigenvalue weighted by Crippen LogP contribution is 2.42. The van der Waals surface area contributed by atoms with Gasteiger partial charge in [-0.1, -0.05) is 68.8 Å². The zero-order chi connectivity index (χ0) is 26.0. The first-order valence-corrected chi connectivity index (χ1v) is 16.6. The third-order valence-corrected chi connectivity index (χ3v) is 12.3. The highest BCUT2D eigenvalue weighted by molar-refractivity contribution is 6.58. The largest absolute Gasteiger partial charge is 0.487 e. The zero-order valence-electron chi connectivity index (χ0n) is 22.3. The number of alkyl halides is 4. The van der Waals surface area contributed by atoms with E-state index in [0.29, 0.717) is 0 Å². The van der Waals surface area contributed by atoms with Crippen LogP contribution in [0.4, 0.5) is 17.6 Å². The lowest BCUT2D eigenvalue weighted by molar-refractivity contribution is -0.211. The molecule has 0 aromatic heterocycles. The fraction of sp³-hybridized carbons (Fsp3) is 0.793. The molecule has 2 nitrogen and oxygen atoms in total. The van der Waals surface area contributed by atoms with Gasteiger partial charge >= 0.3 is 11.8 Å². The van der Waals surface area contributed by atoms with Crippen molar-refractivity contribution in [1.29, 1.82) is 0 Å². The summed E-state index contributed by atoms with van der Waals surface area (Å²) in [5.41, 5.74) is 1.14. The summed E-state index contributed by atoms with van der Waals surface area (Å²) >= 11 is 0. The molecular weight excluding hydrogens is 484 g/mol. The molecule has 1 aromatic rings. The summed E-state index contributed by atoms with van der Waals surface area (Å²) in [5, 5.41) is 0. The molecule has 0 amide bonds. The first-order valence-electron chi connectivity index (χ1n) is 14.1. The van der Waals surface area contributed by atoms with E-state index in [4.69, 9.17) is 9.47 Å². The molecule has 1 saturated carbocycles. The molecule has 1 aromatic carbocycles. The molecular formula is C29H46F4O2Si. The summed E-state index contributed by atoms with van der Waals surface area (Å²) < 4.78 is 62.7. The highest BCUT2D eigenvalue weighted by atomic mass is 28.3. The average Bonchev–Trinajstić information content (AvgIpc) is 2.87. The molecule has 0 bridgehead atoms. The van der Waals surface area contributed by atoms with E-state index in [-0.39, 0.29) is 12.7 Å². The van der Waals surface area contributed by atoms with Crippen molar-refractivity contribution < 1.29 is 27.0 Å². The Kier molecular flexibility index (Phi) is 11.6. The standard InChI is InChI=1S/C29H46F4O2Si/c1-28(30,31)29(32,33)22-35-27-14-10-24(11-15-27)7-6-23-8-12-25(13-9-23)26-16-20-36(21-17-26)19-5-3-4-18-34-2/h10-11,14-15,23,25-26,36H,3-9,12-13,16-22H2,1-2H3/t23-,25-,26-,36-. The maximum atomic E-state index is 13.4. The monoisotopic (exact) mass is 530 g/mol. The molecule has 0 N–H and O–H groups in total. The molecule has 1 saturated heterocycles. The van der Waals surface area contributed by atoms with E-state index in [9.17, 15) is 17.6 Å². The van der Waals surface area contributed by atoms with Gasteiger partial charge in [0.25, 0.3) is 0 Å². The van der Waals surface area contributed by atoms with Crippen LogP contribution in [0.25, 0.3) is 0 Å². The number of unbranched alkanes of at least 4 members (excludes halogenated alkanes) is 2. The van der Waals surface area contributed by atoms with Crippen LogP contribution in [0.3, 0.4) is 0 Å². The summed E-state index contributed by atoms with van der Waals surface area (Å²) in [6, 6.07) is 11.6. The second-order valence-electron chi connectivity index (χ2n) is 11.5. The topological polar surface area (TPSA) is 18.5 Å². The van der Waals surface area contributed by atoms with Crippen molar-refractivity contribution in [1.82, 2.24) is 0 Å². The molecule has 2 aliphatic rings. The Hall–Kier alpha value is -1.08. The van der Waals surface area contributed by atoms with E-state index >= 15 is 0 Å². The molecule has 36 heavy (non-hydrogen) atoms. The van der Waals surface area contributed by atoms with Crippen LogP contribution in [0.5, 0.6) is 5.75 Å². The average molecular weight is 531 g/mol. The van der Waals surface area contributed by atoms with Gasteiger partial charge in [0.05, 0.1) is 0 Å². The van der Waals surface area contributed by atoms with Crippen molar-refractivity contribution in [3.8, 4) is 5.75 Å². The quantitative estimate of drug-likeness (QED) is 0.136. The predicted octanol–water partition coefficient (Wildman–Crippen LogP) is 8.55. The number of hydrogen-bond donors (Lipinski definition) is 0. The maximum absolute atomic E-state index is 13.4. The summed E-state index contributed by atoms with van der Waals surface area (Å²) in [5.74, 6) is -5.42. The van der Waals surface area contributed by atoms with Gasteiger partial charge in [-0.05, 0) is 67.6 Å². The van der Waals surface area contributed by atoms with E-state index in [0.717, 1.165) is 42.8 Å². The van der Waals surface area contributed by atoms with Crippen LogP contribution in [-0.2, 0) is 11.2 Å². The van der Waals surface area contributed by atoms with E-state index in [1.165, 1.54) is 63.8 Å². The number of ether oxygens (including phenoxy) is 2. The molecule has 7 heteroatoms. The minimum Gasteiger partial charge on any atom is -0.487 e. The van der Waals surface area contributed by atoms with Crippen molar-refractivity contribution in [3.05, 3.63) is 29.8 Å². The molecule has 1 heterocycles. The van der Waals surface area contributed by atoms with E-state index in [1.807, 2.05) is 12.1 Å². The maximum Gasteiger partial charge on any atom is 0.342 e. The minimum atomic E-state index is -4.18. The SMILES string of the molecule is COCCCCC[Si@H]1CC[C@H]([C@H]2CC[C@H](CCc3ccc(OCC(F)(F)C(C)(F)F)cc3)CC2)CC1. The van der Waals surface area contributed by atoms with Crippen LogP contribution in [0.2, 0.25) is 18.1 Å². The number of rotatable bonds is 14. The Labute approximate surface area is 217 Å². The third-order valence-electron chi connectivity index (χ3n) is 8.74. The molecule has 0 radical (unpaired) electrons. The Balaban J connectivity index is 1.29. The summed E-state index contributed by atoms with van der Waals surface area (Å²) in [7, 11) is 1.32.